The summed E-state index contributed by atoms with van der Waals surface area (Å²) in [5, 5.41) is 0. The number of ketones is 1. The molecular formula is C12H12O3. The van der Waals surface area contributed by atoms with Gasteiger partial charge in [-0.05, 0) is 26.0 Å². The Morgan fingerprint density at radius 2 is 1.73 bits per heavy atom. The first-order valence-corrected chi connectivity index (χ1v) is 4.55. The predicted octanol–water partition coefficient (Wildman–Crippen LogP) is 2.34. The molecule has 3 heteroatoms. The molecule has 0 unspecified atom stereocenters. The highest BCUT2D eigenvalue weighted by molar-refractivity contribution is 5.91. The van der Waals surface area contributed by atoms with Gasteiger partial charge in [-0.3, -0.25) is 4.79 Å². The Balaban J connectivity index is 2.69. The van der Waals surface area contributed by atoms with E-state index >= 15 is 0 Å². The Bertz CT molecular complexity index is 391. The maximum absolute atomic E-state index is 11.5. The molecule has 0 aliphatic heterocycles. The molecule has 0 aromatic heterocycles. The molecule has 0 saturated heterocycles. The van der Waals surface area contributed by atoms with E-state index in [1.165, 1.54) is 13.0 Å². The van der Waals surface area contributed by atoms with Crippen molar-refractivity contribution in [2.75, 3.05) is 0 Å². The number of ether oxygens (including phenoxy) is 1. The number of rotatable bonds is 3. The van der Waals surface area contributed by atoms with Crippen LogP contribution in [0.25, 0.3) is 0 Å². The summed E-state index contributed by atoms with van der Waals surface area (Å²) in [6, 6.07) is 8.63. The van der Waals surface area contributed by atoms with Crippen LogP contribution in [-0.4, -0.2) is 11.8 Å². The highest BCUT2D eigenvalue weighted by Gasteiger charge is 2.06. The molecule has 78 valence electrons. The lowest BCUT2D eigenvalue weighted by Gasteiger charge is -2.03. The van der Waals surface area contributed by atoms with Crippen LogP contribution in [0.15, 0.2) is 42.2 Å². The fraction of sp³-hybridized carbons (Fsp3) is 0.167. The second-order valence-electron chi connectivity index (χ2n) is 3.12. The molecule has 0 aliphatic rings. The van der Waals surface area contributed by atoms with Gasteiger partial charge in [0.2, 0.25) is 0 Å². The summed E-state index contributed by atoms with van der Waals surface area (Å²) in [5.41, 5.74) is 0.466. The van der Waals surface area contributed by atoms with Crippen LogP contribution in [0.4, 0.5) is 0 Å². The lowest BCUT2D eigenvalue weighted by atomic mass is 10.2. The standard InChI is InChI=1S/C12H12O3/c1-9(13)8-10(2)15-12(14)11-6-4-3-5-7-11/h3-8H,1-2H3. The molecular weight excluding hydrogens is 192 g/mol. The largest absolute Gasteiger partial charge is 0.428 e. The molecule has 0 N–H and O–H groups in total. The monoisotopic (exact) mass is 204 g/mol. The van der Waals surface area contributed by atoms with Gasteiger partial charge in [-0.2, -0.15) is 0 Å². The minimum absolute atomic E-state index is 0.145. The molecule has 1 aromatic rings. The number of carbonyl (C=O) groups excluding carboxylic acids is 2. The molecule has 3 nitrogen and oxygen atoms in total. The molecule has 0 radical (unpaired) electrons. The molecule has 0 heterocycles. The zero-order valence-corrected chi connectivity index (χ0v) is 8.69. The van der Waals surface area contributed by atoms with Crippen LogP contribution in [0, 0.1) is 0 Å². The van der Waals surface area contributed by atoms with Gasteiger partial charge in [0.25, 0.3) is 0 Å². The van der Waals surface area contributed by atoms with Crippen molar-refractivity contribution in [2.45, 2.75) is 13.8 Å². The Hall–Kier alpha value is -1.90. The average Bonchev–Trinajstić information content (AvgIpc) is 2.17. The SMILES string of the molecule is CC(=O)C=C(C)OC(=O)c1ccccc1. The summed E-state index contributed by atoms with van der Waals surface area (Å²) < 4.78 is 4.95. The fourth-order valence-corrected chi connectivity index (χ4v) is 1.10. The summed E-state index contributed by atoms with van der Waals surface area (Å²) in [4.78, 5) is 22.2. The van der Waals surface area contributed by atoms with Gasteiger partial charge in [0.15, 0.2) is 5.78 Å². The van der Waals surface area contributed by atoms with Gasteiger partial charge >= 0.3 is 5.97 Å². The van der Waals surface area contributed by atoms with E-state index < -0.39 is 5.97 Å². The number of allylic oxidation sites excluding steroid dienone is 2. The number of carbonyl (C=O) groups is 2. The van der Waals surface area contributed by atoms with Crippen molar-refractivity contribution in [2.24, 2.45) is 0 Å². The normalized spacial score (nSPS) is 10.9. The molecule has 0 aliphatic carbocycles. The minimum atomic E-state index is -0.453. The van der Waals surface area contributed by atoms with Crippen LogP contribution in [0.3, 0.4) is 0 Å². The molecule has 0 saturated carbocycles. The van der Waals surface area contributed by atoms with Crippen molar-refractivity contribution in [3.63, 3.8) is 0 Å². The maximum Gasteiger partial charge on any atom is 0.343 e. The van der Waals surface area contributed by atoms with E-state index in [2.05, 4.69) is 0 Å². The van der Waals surface area contributed by atoms with Crippen molar-refractivity contribution in [3.05, 3.63) is 47.7 Å². The zero-order chi connectivity index (χ0) is 11.3. The van der Waals surface area contributed by atoms with Gasteiger partial charge in [0.05, 0.1) is 5.56 Å². The van der Waals surface area contributed by atoms with Gasteiger partial charge in [0.1, 0.15) is 5.76 Å². The van der Waals surface area contributed by atoms with E-state index in [1.807, 2.05) is 6.07 Å². The molecule has 1 rings (SSSR count). The van der Waals surface area contributed by atoms with E-state index in [0.717, 1.165) is 0 Å². The minimum Gasteiger partial charge on any atom is -0.428 e. The highest BCUT2D eigenvalue weighted by Crippen LogP contribution is 2.05. The van der Waals surface area contributed by atoms with Crippen LogP contribution in [0.1, 0.15) is 24.2 Å². The van der Waals surface area contributed by atoms with E-state index in [1.54, 1.807) is 31.2 Å². The quantitative estimate of drug-likeness (QED) is 0.431. The summed E-state index contributed by atoms with van der Waals surface area (Å²) in [6.07, 6.45) is 1.28. The van der Waals surface area contributed by atoms with Crippen LogP contribution in [0.5, 0.6) is 0 Å². The lowest BCUT2D eigenvalue weighted by molar-refractivity contribution is -0.112. The molecule has 0 fully saturated rings. The van der Waals surface area contributed by atoms with E-state index in [9.17, 15) is 9.59 Å². The van der Waals surface area contributed by atoms with Gasteiger partial charge < -0.3 is 4.74 Å². The second kappa shape index (κ2) is 5.10. The summed E-state index contributed by atoms with van der Waals surface area (Å²) in [6.45, 7) is 2.97. The van der Waals surface area contributed by atoms with Crippen molar-refractivity contribution >= 4 is 11.8 Å². The van der Waals surface area contributed by atoms with Crippen molar-refractivity contribution in [1.29, 1.82) is 0 Å². The lowest BCUT2D eigenvalue weighted by Crippen LogP contribution is -2.04. The molecule has 0 amide bonds. The third-order valence-electron chi connectivity index (χ3n) is 1.67. The third kappa shape index (κ3) is 3.77. The third-order valence-corrected chi connectivity index (χ3v) is 1.67. The van der Waals surface area contributed by atoms with Crippen LogP contribution in [-0.2, 0) is 9.53 Å². The Labute approximate surface area is 88.4 Å². The highest BCUT2D eigenvalue weighted by atomic mass is 16.5. The average molecular weight is 204 g/mol. The first-order valence-electron chi connectivity index (χ1n) is 4.55. The van der Waals surface area contributed by atoms with Crippen LogP contribution in [0.2, 0.25) is 0 Å². The molecule has 0 bridgehead atoms. The first-order chi connectivity index (χ1) is 7.09. The Morgan fingerprint density at radius 1 is 1.13 bits per heavy atom. The summed E-state index contributed by atoms with van der Waals surface area (Å²) >= 11 is 0. The van der Waals surface area contributed by atoms with Gasteiger partial charge in [0, 0.05) is 6.08 Å². The predicted molar refractivity (Wildman–Crippen MR) is 56.3 cm³/mol. The molecule has 15 heavy (non-hydrogen) atoms. The fourth-order valence-electron chi connectivity index (χ4n) is 1.10. The van der Waals surface area contributed by atoms with Crippen molar-refractivity contribution < 1.29 is 14.3 Å². The molecule has 0 spiro atoms. The Kier molecular flexibility index (Phi) is 3.80. The van der Waals surface area contributed by atoms with Crippen molar-refractivity contribution in [3.8, 4) is 0 Å². The van der Waals surface area contributed by atoms with Crippen molar-refractivity contribution in [1.82, 2.24) is 0 Å². The maximum atomic E-state index is 11.5. The summed E-state index contributed by atoms with van der Waals surface area (Å²) in [7, 11) is 0. The second-order valence-corrected chi connectivity index (χ2v) is 3.12. The van der Waals surface area contributed by atoms with E-state index in [4.69, 9.17) is 4.74 Å². The zero-order valence-electron chi connectivity index (χ0n) is 8.69. The molecule has 0 atom stereocenters. The van der Waals surface area contributed by atoms with Gasteiger partial charge in [-0.1, -0.05) is 18.2 Å². The topological polar surface area (TPSA) is 43.4 Å². The first kappa shape index (κ1) is 11.2. The smallest absolute Gasteiger partial charge is 0.343 e. The Morgan fingerprint density at radius 3 is 2.27 bits per heavy atom. The number of esters is 1. The number of benzene rings is 1. The number of hydrogen-bond donors (Lipinski definition) is 0. The number of hydrogen-bond acceptors (Lipinski definition) is 3. The van der Waals surface area contributed by atoms with Gasteiger partial charge in [-0.15, -0.1) is 0 Å². The van der Waals surface area contributed by atoms with Crippen LogP contribution >= 0.6 is 0 Å². The van der Waals surface area contributed by atoms with E-state index in [0.29, 0.717) is 11.3 Å². The van der Waals surface area contributed by atoms with Gasteiger partial charge in [-0.25, -0.2) is 4.79 Å². The van der Waals surface area contributed by atoms with Crippen LogP contribution < -0.4 is 0 Å². The van der Waals surface area contributed by atoms with E-state index in [-0.39, 0.29) is 5.78 Å². The molecule has 1 aromatic carbocycles. The summed E-state index contributed by atoms with van der Waals surface area (Å²) in [5.74, 6) is -0.296.